The predicted octanol–water partition coefficient (Wildman–Crippen LogP) is 3.20. The van der Waals surface area contributed by atoms with E-state index in [1.165, 1.54) is 32.3 Å². The molecule has 0 aliphatic heterocycles. The van der Waals surface area contributed by atoms with Crippen molar-refractivity contribution in [2.75, 3.05) is 14.1 Å². The minimum atomic E-state index is -3.79. The molecule has 0 radical (unpaired) electrons. The zero-order valence-corrected chi connectivity index (χ0v) is 17.1. The molecule has 0 unspecified atom stereocenters. The van der Waals surface area contributed by atoms with E-state index >= 15 is 0 Å². The standard InChI is InChI=1S/C19H18ClN3O4S/c1-12-17(22-16-7-5-4-6-15(16)21-12)11-27-19(24)13-8-9-14(20)18(10-13)28(25,26)23(2)3/h4-10H,11H2,1-3H3. The summed E-state index contributed by atoms with van der Waals surface area (Å²) in [6.07, 6.45) is 0. The van der Waals surface area contributed by atoms with Crippen LogP contribution < -0.4 is 0 Å². The molecule has 9 heteroatoms. The molecule has 2 aromatic carbocycles. The molecule has 1 heterocycles. The van der Waals surface area contributed by atoms with E-state index in [2.05, 4.69) is 9.97 Å². The van der Waals surface area contributed by atoms with Crippen molar-refractivity contribution < 1.29 is 17.9 Å². The van der Waals surface area contributed by atoms with Crippen molar-refractivity contribution >= 4 is 38.6 Å². The van der Waals surface area contributed by atoms with Gasteiger partial charge in [0, 0.05) is 14.1 Å². The minimum Gasteiger partial charge on any atom is -0.456 e. The molecule has 0 saturated heterocycles. The van der Waals surface area contributed by atoms with Gasteiger partial charge in [0.15, 0.2) is 0 Å². The topological polar surface area (TPSA) is 89.5 Å². The summed E-state index contributed by atoms with van der Waals surface area (Å²) in [5.74, 6) is -0.679. The number of hydrogen-bond acceptors (Lipinski definition) is 6. The second kappa shape index (κ2) is 7.83. The molecular formula is C19H18ClN3O4S. The lowest BCUT2D eigenvalue weighted by molar-refractivity contribution is 0.0466. The van der Waals surface area contributed by atoms with Crippen LogP contribution in [0.3, 0.4) is 0 Å². The van der Waals surface area contributed by atoms with Gasteiger partial charge in [-0.1, -0.05) is 23.7 Å². The second-order valence-electron chi connectivity index (χ2n) is 6.25. The first-order chi connectivity index (χ1) is 13.2. The molecule has 0 aliphatic rings. The van der Waals surface area contributed by atoms with E-state index in [9.17, 15) is 13.2 Å². The predicted molar refractivity (Wildman–Crippen MR) is 106 cm³/mol. The van der Waals surface area contributed by atoms with Gasteiger partial charge in [-0.25, -0.2) is 27.5 Å². The number of fused-ring (bicyclic) bond motifs is 1. The molecule has 0 amide bonds. The van der Waals surface area contributed by atoms with Crippen molar-refractivity contribution in [2.24, 2.45) is 0 Å². The van der Waals surface area contributed by atoms with Crippen LogP contribution in [0, 0.1) is 6.92 Å². The van der Waals surface area contributed by atoms with E-state index in [0.29, 0.717) is 16.9 Å². The van der Waals surface area contributed by atoms with Crippen molar-refractivity contribution in [1.82, 2.24) is 14.3 Å². The largest absolute Gasteiger partial charge is 0.456 e. The van der Waals surface area contributed by atoms with E-state index in [1.807, 2.05) is 24.3 Å². The molecule has 0 N–H and O–H groups in total. The molecular weight excluding hydrogens is 402 g/mol. The SMILES string of the molecule is Cc1nc2ccccc2nc1COC(=O)c1ccc(Cl)c(S(=O)(=O)N(C)C)c1. The first-order valence-electron chi connectivity index (χ1n) is 8.31. The fraction of sp³-hybridized carbons (Fsp3) is 0.211. The van der Waals surface area contributed by atoms with Crippen LogP contribution in [-0.4, -0.2) is 42.8 Å². The van der Waals surface area contributed by atoms with Crippen LogP contribution in [0.2, 0.25) is 5.02 Å². The second-order valence-corrected chi connectivity index (χ2v) is 8.78. The van der Waals surface area contributed by atoms with Gasteiger partial charge in [0.05, 0.1) is 33.0 Å². The maximum atomic E-state index is 12.4. The third-order valence-corrected chi connectivity index (χ3v) is 6.41. The zero-order valence-electron chi connectivity index (χ0n) is 15.5. The van der Waals surface area contributed by atoms with Crippen LogP contribution >= 0.6 is 11.6 Å². The van der Waals surface area contributed by atoms with Gasteiger partial charge < -0.3 is 4.74 Å². The summed E-state index contributed by atoms with van der Waals surface area (Å²) in [6.45, 7) is 1.70. The zero-order chi connectivity index (χ0) is 20.5. The Morgan fingerprint density at radius 1 is 1.11 bits per heavy atom. The molecule has 0 aliphatic carbocycles. The summed E-state index contributed by atoms with van der Waals surface area (Å²) in [4.78, 5) is 21.2. The first-order valence-corrected chi connectivity index (χ1v) is 10.1. The summed E-state index contributed by atoms with van der Waals surface area (Å²) < 4.78 is 31.0. The number of carbonyl (C=O) groups excluding carboxylic acids is 1. The first kappa shape index (κ1) is 20.2. The number of aromatic nitrogens is 2. The van der Waals surface area contributed by atoms with Gasteiger partial charge >= 0.3 is 5.97 Å². The lowest BCUT2D eigenvalue weighted by Crippen LogP contribution is -2.23. The molecule has 0 saturated carbocycles. The van der Waals surface area contributed by atoms with Crippen LogP contribution in [0.25, 0.3) is 11.0 Å². The average Bonchev–Trinajstić information content (AvgIpc) is 2.66. The summed E-state index contributed by atoms with van der Waals surface area (Å²) in [5, 5.41) is 0.0292. The molecule has 0 spiro atoms. The summed E-state index contributed by atoms with van der Waals surface area (Å²) >= 11 is 6.00. The fourth-order valence-corrected chi connectivity index (χ4v) is 3.90. The third kappa shape index (κ3) is 3.99. The highest BCUT2D eigenvalue weighted by atomic mass is 35.5. The number of halogens is 1. The van der Waals surface area contributed by atoms with E-state index in [0.717, 1.165) is 9.82 Å². The number of sulfonamides is 1. The van der Waals surface area contributed by atoms with Crippen molar-refractivity contribution in [3.05, 3.63) is 64.4 Å². The Labute approximate surface area is 168 Å². The summed E-state index contributed by atoms with van der Waals surface area (Å²) in [5.41, 5.74) is 2.72. The number of aryl methyl sites for hydroxylation is 1. The average molecular weight is 420 g/mol. The number of ether oxygens (including phenoxy) is 1. The summed E-state index contributed by atoms with van der Waals surface area (Å²) in [6, 6.07) is 11.4. The van der Waals surface area contributed by atoms with Crippen LogP contribution in [-0.2, 0) is 21.4 Å². The van der Waals surface area contributed by atoms with Crippen LogP contribution in [0.5, 0.6) is 0 Å². The van der Waals surface area contributed by atoms with Crippen LogP contribution in [0.1, 0.15) is 21.7 Å². The van der Waals surface area contributed by atoms with E-state index < -0.39 is 16.0 Å². The maximum Gasteiger partial charge on any atom is 0.338 e. The van der Waals surface area contributed by atoms with E-state index in [-0.39, 0.29) is 22.1 Å². The number of rotatable bonds is 5. The minimum absolute atomic E-state index is 0.0292. The van der Waals surface area contributed by atoms with Gasteiger partial charge in [0.2, 0.25) is 10.0 Å². The van der Waals surface area contributed by atoms with Gasteiger partial charge in [-0.3, -0.25) is 0 Å². The Hall–Kier alpha value is -2.55. The molecule has 1 aromatic heterocycles. The number of para-hydroxylation sites is 2. The number of nitrogens with zero attached hydrogens (tertiary/aromatic N) is 3. The van der Waals surface area contributed by atoms with Gasteiger partial charge in [-0.2, -0.15) is 0 Å². The van der Waals surface area contributed by atoms with Crippen molar-refractivity contribution in [1.29, 1.82) is 0 Å². The van der Waals surface area contributed by atoms with Crippen LogP contribution in [0.15, 0.2) is 47.4 Å². The van der Waals surface area contributed by atoms with Crippen molar-refractivity contribution in [3.8, 4) is 0 Å². The molecule has 0 atom stereocenters. The quantitative estimate of drug-likeness (QED) is 0.590. The molecule has 7 nitrogen and oxygen atoms in total. The lowest BCUT2D eigenvalue weighted by atomic mass is 10.2. The van der Waals surface area contributed by atoms with Gasteiger partial charge in [0.25, 0.3) is 0 Å². The molecule has 146 valence electrons. The highest BCUT2D eigenvalue weighted by Gasteiger charge is 2.23. The Kier molecular flexibility index (Phi) is 5.64. The number of carbonyl (C=O) groups is 1. The van der Waals surface area contributed by atoms with Gasteiger partial charge in [-0.15, -0.1) is 0 Å². The van der Waals surface area contributed by atoms with Crippen LogP contribution in [0.4, 0.5) is 0 Å². The highest BCUT2D eigenvalue weighted by Crippen LogP contribution is 2.25. The van der Waals surface area contributed by atoms with Gasteiger partial charge in [-0.05, 0) is 37.3 Å². The fourth-order valence-electron chi connectivity index (χ4n) is 2.50. The number of benzene rings is 2. The summed E-state index contributed by atoms with van der Waals surface area (Å²) in [7, 11) is -1.02. The Balaban J connectivity index is 1.84. The maximum absolute atomic E-state index is 12.4. The molecule has 28 heavy (non-hydrogen) atoms. The highest BCUT2D eigenvalue weighted by molar-refractivity contribution is 7.89. The normalized spacial score (nSPS) is 11.8. The number of hydrogen-bond donors (Lipinski definition) is 0. The van der Waals surface area contributed by atoms with Crippen molar-refractivity contribution in [2.45, 2.75) is 18.4 Å². The monoisotopic (exact) mass is 419 g/mol. The van der Waals surface area contributed by atoms with Gasteiger partial charge in [0.1, 0.15) is 11.5 Å². The van der Waals surface area contributed by atoms with E-state index in [4.69, 9.17) is 16.3 Å². The smallest absolute Gasteiger partial charge is 0.338 e. The van der Waals surface area contributed by atoms with E-state index in [1.54, 1.807) is 6.92 Å². The van der Waals surface area contributed by atoms with Crippen molar-refractivity contribution in [3.63, 3.8) is 0 Å². The molecule has 3 aromatic rings. The third-order valence-electron chi connectivity index (χ3n) is 4.11. The molecule has 3 rings (SSSR count). The molecule has 0 fully saturated rings. The Bertz CT molecular complexity index is 1160. The molecule has 0 bridgehead atoms. The Morgan fingerprint density at radius 2 is 1.75 bits per heavy atom. The Morgan fingerprint density at radius 3 is 2.39 bits per heavy atom. The lowest BCUT2D eigenvalue weighted by Gasteiger charge is -2.14. The number of esters is 1.